The summed E-state index contributed by atoms with van der Waals surface area (Å²) in [7, 11) is 0. The van der Waals surface area contributed by atoms with Crippen LogP contribution in [0.5, 0.6) is 5.75 Å². The number of anilines is 2. The van der Waals surface area contributed by atoms with E-state index in [0.29, 0.717) is 18.8 Å². The lowest BCUT2D eigenvalue weighted by molar-refractivity contribution is -0.126. The highest BCUT2D eigenvalue weighted by molar-refractivity contribution is 6.00. The van der Waals surface area contributed by atoms with Crippen molar-refractivity contribution in [1.82, 2.24) is 5.32 Å². The standard InChI is InChI=1S/C21H23N3O3/c25-18-6-3-5-17(13-18)24-14-16(12-20(24)26)21(27)22-9-11-23-10-8-15-4-1-2-7-19(15)23/h1-7,13,16,25H,8-12,14H2,(H,22,27)/t16-/m1/s1. The molecule has 0 bridgehead atoms. The predicted octanol–water partition coefficient (Wildman–Crippen LogP) is 1.92. The minimum Gasteiger partial charge on any atom is -0.508 e. The van der Waals surface area contributed by atoms with Gasteiger partial charge in [0.25, 0.3) is 0 Å². The average molecular weight is 365 g/mol. The molecule has 2 aliphatic rings. The van der Waals surface area contributed by atoms with Gasteiger partial charge in [0.05, 0.1) is 5.92 Å². The molecule has 0 unspecified atom stereocenters. The number of fused-ring (bicyclic) bond motifs is 1. The first-order valence-corrected chi connectivity index (χ1v) is 9.32. The molecule has 1 saturated heterocycles. The third-order valence-electron chi connectivity index (χ3n) is 5.30. The van der Waals surface area contributed by atoms with Gasteiger partial charge in [-0.05, 0) is 30.2 Å². The van der Waals surface area contributed by atoms with Gasteiger partial charge in [0.2, 0.25) is 11.8 Å². The molecule has 2 aromatic rings. The van der Waals surface area contributed by atoms with Crippen molar-refractivity contribution < 1.29 is 14.7 Å². The third-order valence-corrected chi connectivity index (χ3v) is 5.30. The molecule has 2 amide bonds. The molecule has 0 aromatic heterocycles. The van der Waals surface area contributed by atoms with Crippen LogP contribution in [0.1, 0.15) is 12.0 Å². The normalized spacial score (nSPS) is 18.7. The number of hydrogen-bond acceptors (Lipinski definition) is 4. The van der Waals surface area contributed by atoms with Crippen LogP contribution in [0.2, 0.25) is 0 Å². The second-order valence-electron chi connectivity index (χ2n) is 7.08. The summed E-state index contributed by atoms with van der Waals surface area (Å²) in [5.41, 5.74) is 3.23. The Hall–Kier alpha value is -3.02. The maximum absolute atomic E-state index is 12.5. The van der Waals surface area contributed by atoms with Crippen LogP contribution in [-0.2, 0) is 16.0 Å². The van der Waals surface area contributed by atoms with E-state index in [1.165, 1.54) is 11.3 Å². The number of nitrogens with one attached hydrogen (secondary N) is 1. The lowest BCUT2D eigenvalue weighted by Gasteiger charge is -2.20. The van der Waals surface area contributed by atoms with Crippen LogP contribution in [0.25, 0.3) is 0 Å². The number of nitrogens with zero attached hydrogens (tertiary/aromatic N) is 2. The van der Waals surface area contributed by atoms with E-state index >= 15 is 0 Å². The number of carbonyl (C=O) groups excluding carboxylic acids is 2. The van der Waals surface area contributed by atoms with Crippen molar-refractivity contribution in [2.24, 2.45) is 5.92 Å². The van der Waals surface area contributed by atoms with Gasteiger partial charge in [-0.15, -0.1) is 0 Å². The fourth-order valence-corrected chi connectivity index (χ4v) is 3.89. The Kier molecular flexibility index (Phi) is 4.71. The molecule has 27 heavy (non-hydrogen) atoms. The minimum atomic E-state index is -0.356. The fraction of sp³-hybridized carbons (Fsp3) is 0.333. The second kappa shape index (κ2) is 7.31. The number of para-hydroxylation sites is 1. The number of hydrogen-bond donors (Lipinski definition) is 2. The molecule has 2 aromatic carbocycles. The minimum absolute atomic E-state index is 0.0847. The van der Waals surface area contributed by atoms with E-state index in [9.17, 15) is 14.7 Å². The average Bonchev–Trinajstić information content (AvgIpc) is 3.26. The molecule has 2 N–H and O–H groups in total. The Morgan fingerprint density at radius 2 is 2.04 bits per heavy atom. The van der Waals surface area contributed by atoms with Gasteiger partial charge in [0.15, 0.2) is 0 Å². The van der Waals surface area contributed by atoms with E-state index in [0.717, 1.165) is 19.5 Å². The molecule has 0 spiro atoms. The molecule has 140 valence electrons. The summed E-state index contributed by atoms with van der Waals surface area (Å²) in [6.07, 6.45) is 1.24. The topological polar surface area (TPSA) is 72.9 Å². The first kappa shape index (κ1) is 17.4. The molecular formula is C21H23N3O3. The molecule has 0 saturated carbocycles. The summed E-state index contributed by atoms with van der Waals surface area (Å²) in [4.78, 5) is 28.6. The van der Waals surface area contributed by atoms with Gasteiger partial charge in [0.1, 0.15) is 5.75 Å². The molecular weight excluding hydrogens is 342 g/mol. The lowest BCUT2D eigenvalue weighted by atomic mass is 10.1. The van der Waals surface area contributed by atoms with Crippen LogP contribution < -0.4 is 15.1 Å². The van der Waals surface area contributed by atoms with Gasteiger partial charge in [0, 0.05) is 50.0 Å². The highest BCUT2D eigenvalue weighted by Crippen LogP contribution is 2.28. The van der Waals surface area contributed by atoms with Gasteiger partial charge < -0.3 is 20.2 Å². The number of carbonyl (C=O) groups is 2. The Morgan fingerprint density at radius 3 is 2.89 bits per heavy atom. The van der Waals surface area contributed by atoms with Crippen molar-refractivity contribution >= 4 is 23.2 Å². The van der Waals surface area contributed by atoms with Crippen molar-refractivity contribution in [1.29, 1.82) is 0 Å². The first-order valence-electron chi connectivity index (χ1n) is 9.32. The van der Waals surface area contributed by atoms with Crippen LogP contribution in [0, 0.1) is 5.92 Å². The monoisotopic (exact) mass is 365 g/mol. The van der Waals surface area contributed by atoms with Crippen LogP contribution in [-0.4, -0.2) is 43.1 Å². The van der Waals surface area contributed by atoms with Crippen LogP contribution in [0.3, 0.4) is 0 Å². The SMILES string of the molecule is O=C(NCCN1CCc2ccccc21)[C@@H]1CC(=O)N(c2cccc(O)c2)C1. The summed E-state index contributed by atoms with van der Waals surface area (Å²) in [6, 6.07) is 14.9. The van der Waals surface area contributed by atoms with Crippen LogP contribution >= 0.6 is 0 Å². The van der Waals surface area contributed by atoms with Crippen molar-refractivity contribution in [3.8, 4) is 5.75 Å². The van der Waals surface area contributed by atoms with Crippen LogP contribution in [0.15, 0.2) is 48.5 Å². The Bertz CT molecular complexity index is 867. The number of rotatable bonds is 5. The number of amides is 2. The number of benzene rings is 2. The number of phenols is 1. The number of phenolic OH excluding ortho intramolecular Hbond substituents is 1. The van der Waals surface area contributed by atoms with Gasteiger partial charge in [-0.25, -0.2) is 0 Å². The van der Waals surface area contributed by atoms with Gasteiger partial charge in [-0.3, -0.25) is 9.59 Å². The van der Waals surface area contributed by atoms with E-state index in [4.69, 9.17) is 0 Å². The van der Waals surface area contributed by atoms with Gasteiger partial charge >= 0.3 is 0 Å². The lowest BCUT2D eigenvalue weighted by Crippen LogP contribution is -2.38. The fourth-order valence-electron chi connectivity index (χ4n) is 3.89. The van der Waals surface area contributed by atoms with E-state index in [1.807, 2.05) is 6.07 Å². The zero-order valence-electron chi connectivity index (χ0n) is 15.1. The van der Waals surface area contributed by atoms with Crippen molar-refractivity contribution in [3.63, 3.8) is 0 Å². The van der Waals surface area contributed by atoms with Crippen LogP contribution in [0.4, 0.5) is 11.4 Å². The van der Waals surface area contributed by atoms with Gasteiger partial charge in [-0.1, -0.05) is 24.3 Å². The summed E-state index contributed by atoms with van der Waals surface area (Å²) in [5, 5.41) is 12.6. The molecule has 2 heterocycles. The summed E-state index contributed by atoms with van der Waals surface area (Å²) < 4.78 is 0. The molecule has 6 heteroatoms. The Morgan fingerprint density at radius 1 is 1.19 bits per heavy atom. The van der Waals surface area contributed by atoms with Crippen molar-refractivity contribution in [3.05, 3.63) is 54.1 Å². The molecule has 0 radical (unpaired) electrons. The quantitative estimate of drug-likeness (QED) is 0.849. The summed E-state index contributed by atoms with van der Waals surface area (Å²) in [5.74, 6) is -0.419. The van der Waals surface area contributed by atoms with Gasteiger partial charge in [-0.2, -0.15) is 0 Å². The summed E-state index contributed by atoms with van der Waals surface area (Å²) in [6.45, 7) is 2.65. The summed E-state index contributed by atoms with van der Waals surface area (Å²) >= 11 is 0. The zero-order valence-corrected chi connectivity index (χ0v) is 15.1. The third kappa shape index (κ3) is 3.60. The van der Waals surface area contributed by atoms with E-state index < -0.39 is 0 Å². The highest BCUT2D eigenvalue weighted by Gasteiger charge is 2.35. The molecule has 2 aliphatic heterocycles. The van der Waals surface area contributed by atoms with E-state index in [-0.39, 0.29) is 29.9 Å². The molecule has 0 aliphatic carbocycles. The molecule has 4 rings (SSSR count). The van der Waals surface area contributed by atoms with Crippen molar-refractivity contribution in [2.45, 2.75) is 12.8 Å². The molecule has 1 fully saturated rings. The smallest absolute Gasteiger partial charge is 0.227 e. The first-order chi connectivity index (χ1) is 13.1. The second-order valence-corrected chi connectivity index (χ2v) is 7.08. The molecule has 1 atom stereocenters. The highest BCUT2D eigenvalue weighted by atomic mass is 16.3. The maximum Gasteiger partial charge on any atom is 0.227 e. The predicted molar refractivity (Wildman–Crippen MR) is 104 cm³/mol. The Labute approximate surface area is 158 Å². The molecule has 6 nitrogen and oxygen atoms in total. The van der Waals surface area contributed by atoms with E-state index in [2.05, 4.69) is 28.4 Å². The van der Waals surface area contributed by atoms with E-state index in [1.54, 1.807) is 29.2 Å². The largest absolute Gasteiger partial charge is 0.508 e. The number of aromatic hydroxyl groups is 1. The maximum atomic E-state index is 12.5. The Balaban J connectivity index is 1.30. The zero-order chi connectivity index (χ0) is 18.8. The van der Waals surface area contributed by atoms with Crippen molar-refractivity contribution in [2.75, 3.05) is 36.0 Å².